The normalized spacial score (nSPS) is 23.5. The van der Waals surface area contributed by atoms with Gasteiger partial charge in [0.15, 0.2) is 0 Å². The third-order valence-electron chi connectivity index (χ3n) is 4.58. The number of aromatic nitrogens is 2. The summed E-state index contributed by atoms with van der Waals surface area (Å²) in [5, 5.41) is 0. The van der Waals surface area contributed by atoms with Gasteiger partial charge in [-0.05, 0) is 11.1 Å². The summed E-state index contributed by atoms with van der Waals surface area (Å²) in [5.41, 5.74) is 3.43. The van der Waals surface area contributed by atoms with E-state index in [0.717, 1.165) is 5.56 Å². The van der Waals surface area contributed by atoms with Crippen LogP contribution in [0.2, 0.25) is 0 Å². The Morgan fingerprint density at radius 1 is 1.00 bits per heavy atom. The summed E-state index contributed by atoms with van der Waals surface area (Å²) in [6.07, 6.45) is 5.51. The van der Waals surface area contributed by atoms with Crippen LogP contribution in [0.4, 0.5) is 0 Å². The van der Waals surface area contributed by atoms with Gasteiger partial charge < -0.3 is 14.0 Å². The van der Waals surface area contributed by atoms with Crippen LogP contribution in [0.3, 0.4) is 0 Å². The highest BCUT2D eigenvalue weighted by atomic mass is 16.7. The van der Waals surface area contributed by atoms with Crippen molar-refractivity contribution in [3.63, 3.8) is 0 Å². The smallest absolute Gasteiger partial charge is 0.213 e. The van der Waals surface area contributed by atoms with Crippen molar-refractivity contribution in [2.24, 2.45) is 5.92 Å². The van der Waals surface area contributed by atoms with Gasteiger partial charge in [-0.2, -0.15) is 0 Å². The van der Waals surface area contributed by atoms with Gasteiger partial charge in [0.1, 0.15) is 0 Å². The SMILES string of the molecule is CC1COC(Cn2ccnc2)(c2ccc(-c3ccccc3)cc2)OC1. The zero-order valence-corrected chi connectivity index (χ0v) is 14.3. The predicted octanol–water partition coefficient (Wildman–Crippen LogP) is 4.09. The summed E-state index contributed by atoms with van der Waals surface area (Å²) >= 11 is 0. The summed E-state index contributed by atoms with van der Waals surface area (Å²) in [7, 11) is 0. The Kier molecular flexibility index (Phi) is 4.38. The Morgan fingerprint density at radius 2 is 1.68 bits per heavy atom. The van der Waals surface area contributed by atoms with Crippen molar-refractivity contribution in [1.29, 1.82) is 0 Å². The molecular formula is C21H22N2O2. The number of nitrogens with zero attached hydrogens (tertiary/aromatic N) is 2. The molecule has 2 aromatic carbocycles. The molecule has 0 amide bonds. The predicted molar refractivity (Wildman–Crippen MR) is 96.9 cm³/mol. The molecule has 1 aliphatic heterocycles. The highest BCUT2D eigenvalue weighted by Crippen LogP contribution is 2.35. The number of hydrogen-bond donors (Lipinski definition) is 0. The minimum atomic E-state index is -0.761. The molecule has 128 valence electrons. The molecule has 0 radical (unpaired) electrons. The topological polar surface area (TPSA) is 36.3 Å². The van der Waals surface area contributed by atoms with Crippen LogP contribution in [-0.4, -0.2) is 22.8 Å². The van der Waals surface area contributed by atoms with Crippen molar-refractivity contribution in [3.05, 3.63) is 78.9 Å². The van der Waals surface area contributed by atoms with E-state index in [1.165, 1.54) is 11.1 Å². The Bertz CT molecular complexity index is 790. The van der Waals surface area contributed by atoms with Gasteiger partial charge in [0, 0.05) is 23.9 Å². The van der Waals surface area contributed by atoms with Crippen LogP contribution in [0.5, 0.6) is 0 Å². The lowest BCUT2D eigenvalue weighted by Gasteiger charge is -2.40. The lowest BCUT2D eigenvalue weighted by molar-refractivity contribution is -0.297. The molecule has 0 bridgehead atoms. The maximum absolute atomic E-state index is 6.21. The van der Waals surface area contributed by atoms with Crippen molar-refractivity contribution in [2.45, 2.75) is 19.3 Å². The van der Waals surface area contributed by atoms with Gasteiger partial charge in [-0.15, -0.1) is 0 Å². The van der Waals surface area contributed by atoms with Gasteiger partial charge in [-0.25, -0.2) is 4.98 Å². The van der Waals surface area contributed by atoms with E-state index in [0.29, 0.717) is 25.7 Å². The second kappa shape index (κ2) is 6.82. The molecule has 1 fully saturated rings. The third kappa shape index (κ3) is 3.36. The van der Waals surface area contributed by atoms with Gasteiger partial charge >= 0.3 is 0 Å². The number of ether oxygens (including phenoxy) is 2. The first-order chi connectivity index (χ1) is 12.3. The molecule has 0 spiro atoms. The zero-order valence-electron chi connectivity index (χ0n) is 14.3. The van der Waals surface area contributed by atoms with E-state index in [4.69, 9.17) is 9.47 Å². The Hall–Kier alpha value is -2.43. The molecule has 1 aromatic heterocycles. The summed E-state index contributed by atoms with van der Waals surface area (Å²) < 4.78 is 14.4. The van der Waals surface area contributed by atoms with Gasteiger partial charge in [-0.1, -0.05) is 61.5 Å². The van der Waals surface area contributed by atoms with E-state index in [2.05, 4.69) is 60.4 Å². The molecule has 0 unspecified atom stereocenters. The standard InChI is InChI=1S/C21H22N2O2/c1-17-13-24-21(25-14-17,15-23-12-11-22-16-23)20-9-7-19(8-10-20)18-5-3-2-4-6-18/h2-12,16-17H,13-15H2,1H3. The molecule has 4 rings (SSSR count). The lowest BCUT2D eigenvalue weighted by Crippen LogP contribution is -2.44. The molecule has 0 atom stereocenters. The van der Waals surface area contributed by atoms with Crippen LogP contribution in [0, 0.1) is 5.92 Å². The Morgan fingerprint density at radius 3 is 2.32 bits per heavy atom. The fourth-order valence-corrected chi connectivity index (χ4v) is 3.16. The molecule has 0 aliphatic carbocycles. The molecular weight excluding hydrogens is 312 g/mol. The summed E-state index contributed by atoms with van der Waals surface area (Å²) in [4.78, 5) is 4.13. The van der Waals surface area contributed by atoms with Crippen molar-refractivity contribution in [1.82, 2.24) is 9.55 Å². The average Bonchev–Trinajstić information content (AvgIpc) is 3.18. The largest absolute Gasteiger partial charge is 0.344 e. The molecule has 0 saturated carbocycles. The van der Waals surface area contributed by atoms with Crippen LogP contribution in [0.1, 0.15) is 12.5 Å². The first-order valence-corrected chi connectivity index (χ1v) is 8.65. The van der Waals surface area contributed by atoms with E-state index in [-0.39, 0.29) is 0 Å². The lowest BCUT2D eigenvalue weighted by atomic mass is 9.98. The van der Waals surface area contributed by atoms with E-state index in [1.54, 1.807) is 12.5 Å². The highest BCUT2D eigenvalue weighted by molar-refractivity contribution is 5.63. The second-order valence-electron chi connectivity index (χ2n) is 6.66. The molecule has 3 aromatic rings. The van der Waals surface area contributed by atoms with Gasteiger partial charge in [0.05, 0.1) is 26.1 Å². The first-order valence-electron chi connectivity index (χ1n) is 8.65. The van der Waals surface area contributed by atoms with Crippen molar-refractivity contribution >= 4 is 0 Å². The van der Waals surface area contributed by atoms with Gasteiger partial charge in [0.2, 0.25) is 5.79 Å². The number of rotatable bonds is 4. The van der Waals surface area contributed by atoms with Gasteiger partial charge in [0.25, 0.3) is 0 Å². The molecule has 1 saturated heterocycles. The highest BCUT2D eigenvalue weighted by Gasteiger charge is 2.39. The maximum Gasteiger partial charge on any atom is 0.213 e. The van der Waals surface area contributed by atoms with E-state index < -0.39 is 5.79 Å². The number of hydrogen-bond acceptors (Lipinski definition) is 3. The molecule has 4 nitrogen and oxygen atoms in total. The third-order valence-corrected chi connectivity index (χ3v) is 4.58. The van der Waals surface area contributed by atoms with E-state index in [9.17, 15) is 0 Å². The fourth-order valence-electron chi connectivity index (χ4n) is 3.16. The summed E-state index contributed by atoms with van der Waals surface area (Å²) in [6, 6.07) is 18.8. The van der Waals surface area contributed by atoms with Crippen LogP contribution < -0.4 is 0 Å². The number of imidazole rings is 1. The molecule has 4 heteroatoms. The Labute approximate surface area is 148 Å². The zero-order chi connectivity index (χ0) is 17.1. The summed E-state index contributed by atoms with van der Waals surface area (Å²) in [6.45, 7) is 4.11. The van der Waals surface area contributed by atoms with Crippen LogP contribution in [-0.2, 0) is 21.8 Å². The molecule has 1 aliphatic rings. The minimum Gasteiger partial charge on any atom is -0.344 e. The van der Waals surface area contributed by atoms with Gasteiger partial charge in [-0.3, -0.25) is 0 Å². The second-order valence-corrected chi connectivity index (χ2v) is 6.66. The molecule has 2 heterocycles. The average molecular weight is 334 g/mol. The van der Waals surface area contributed by atoms with Crippen LogP contribution in [0.15, 0.2) is 73.3 Å². The monoisotopic (exact) mass is 334 g/mol. The van der Waals surface area contributed by atoms with E-state index in [1.807, 2.05) is 16.8 Å². The first kappa shape index (κ1) is 16.1. The Balaban J connectivity index is 1.65. The van der Waals surface area contributed by atoms with Crippen molar-refractivity contribution in [3.8, 4) is 11.1 Å². The van der Waals surface area contributed by atoms with Crippen LogP contribution >= 0.6 is 0 Å². The van der Waals surface area contributed by atoms with Crippen LogP contribution in [0.25, 0.3) is 11.1 Å². The minimum absolute atomic E-state index is 0.402. The maximum atomic E-state index is 6.21. The van der Waals surface area contributed by atoms with Crippen molar-refractivity contribution < 1.29 is 9.47 Å². The van der Waals surface area contributed by atoms with E-state index >= 15 is 0 Å². The molecule has 0 N–H and O–H groups in total. The van der Waals surface area contributed by atoms with Crippen molar-refractivity contribution in [2.75, 3.05) is 13.2 Å². The quantitative estimate of drug-likeness (QED) is 0.721. The number of benzene rings is 2. The fraction of sp³-hybridized carbons (Fsp3) is 0.286. The summed E-state index contributed by atoms with van der Waals surface area (Å²) in [5.74, 6) is -0.359. The molecule has 25 heavy (non-hydrogen) atoms.